The lowest BCUT2D eigenvalue weighted by Crippen LogP contribution is -2.27. The van der Waals surface area contributed by atoms with Crippen LogP contribution in [-0.2, 0) is 28.6 Å². The number of anilines is 1. The highest BCUT2D eigenvalue weighted by Crippen LogP contribution is 2.36. The molecule has 2 aliphatic heterocycles. The number of benzene rings is 2. The van der Waals surface area contributed by atoms with E-state index >= 15 is 0 Å². The first kappa shape index (κ1) is 23.4. The SMILES string of the molecule is O=C1CCc2c(Oc3ccc4c(c3)CC(C(=O)C#Cc3ccccc3C(F)(F)F)CO4)ccnc2N1. The van der Waals surface area contributed by atoms with Gasteiger partial charge in [0.1, 0.15) is 23.1 Å². The van der Waals surface area contributed by atoms with Crippen molar-refractivity contribution in [2.75, 3.05) is 11.9 Å². The van der Waals surface area contributed by atoms with Crippen LogP contribution in [0.1, 0.15) is 28.7 Å². The van der Waals surface area contributed by atoms with Gasteiger partial charge in [-0.05, 0) is 60.7 Å². The van der Waals surface area contributed by atoms with Crippen molar-refractivity contribution in [2.45, 2.75) is 25.4 Å². The van der Waals surface area contributed by atoms with Crippen LogP contribution < -0.4 is 14.8 Å². The second kappa shape index (κ2) is 9.38. The number of amides is 1. The van der Waals surface area contributed by atoms with E-state index in [1.165, 1.54) is 18.2 Å². The Kier molecular flexibility index (Phi) is 6.10. The summed E-state index contributed by atoms with van der Waals surface area (Å²) in [6.45, 7) is 0.0825. The molecule has 1 atom stereocenters. The van der Waals surface area contributed by atoms with Gasteiger partial charge in [0.15, 0.2) is 0 Å². The van der Waals surface area contributed by atoms with Crippen molar-refractivity contribution in [3.05, 3.63) is 77.0 Å². The van der Waals surface area contributed by atoms with E-state index < -0.39 is 23.4 Å². The summed E-state index contributed by atoms with van der Waals surface area (Å²) < 4.78 is 51.3. The number of nitrogens with zero attached hydrogens (tertiary/aromatic N) is 1. The number of aromatic nitrogens is 1. The van der Waals surface area contributed by atoms with Gasteiger partial charge in [-0.2, -0.15) is 13.2 Å². The first-order valence-electron chi connectivity index (χ1n) is 11.2. The lowest BCUT2D eigenvalue weighted by atomic mass is 9.93. The van der Waals surface area contributed by atoms with Gasteiger partial charge in [-0.15, -0.1) is 0 Å². The fourth-order valence-electron chi connectivity index (χ4n) is 4.15. The van der Waals surface area contributed by atoms with Crippen LogP contribution in [0.5, 0.6) is 17.2 Å². The second-order valence-corrected chi connectivity index (χ2v) is 8.43. The van der Waals surface area contributed by atoms with Gasteiger partial charge in [-0.25, -0.2) is 4.98 Å². The van der Waals surface area contributed by atoms with E-state index in [9.17, 15) is 22.8 Å². The Labute approximate surface area is 204 Å². The fraction of sp³-hybridized carbons (Fsp3) is 0.222. The highest BCUT2D eigenvalue weighted by Gasteiger charge is 2.33. The Bertz CT molecular complexity index is 1420. The molecule has 1 amide bonds. The van der Waals surface area contributed by atoms with Gasteiger partial charge in [-0.1, -0.05) is 18.1 Å². The number of hydrogen-bond acceptors (Lipinski definition) is 5. The molecule has 0 radical (unpaired) electrons. The highest BCUT2D eigenvalue weighted by atomic mass is 19.4. The van der Waals surface area contributed by atoms with E-state index in [1.54, 1.807) is 30.5 Å². The maximum Gasteiger partial charge on any atom is 0.417 e. The molecule has 1 unspecified atom stereocenters. The predicted octanol–water partition coefficient (Wildman–Crippen LogP) is 4.95. The first-order chi connectivity index (χ1) is 17.3. The minimum Gasteiger partial charge on any atom is -0.492 e. The molecule has 2 aromatic carbocycles. The Morgan fingerprint density at radius 2 is 1.97 bits per heavy atom. The number of ether oxygens (including phenoxy) is 2. The number of Topliss-reactive ketones (excluding diaryl/α,β-unsaturated/α-hetero) is 1. The van der Waals surface area contributed by atoms with Crippen molar-refractivity contribution in [3.63, 3.8) is 0 Å². The largest absolute Gasteiger partial charge is 0.492 e. The van der Waals surface area contributed by atoms with Crippen LogP contribution in [0.15, 0.2) is 54.7 Å². The van der Waals surface area contributed by atoms with E-state index in [2.05, 4.69) is 22.1 Å². The van der Waals surface area contributed by atoms with Crippen molar-refractivity contribution in [3.8, 4) is 29.1 Å². The summed E-state index contributed by atoms with van der Waals surface area (Å²) in [5.41, 5.74) is 0.401. The Hall–Kier alpha value is -4.32. The lowest BCUT2D eigenvalue weighted by Gasteiger charge is -2.24. The predicted molar refractivity (Wildman–Crippen MR) is 124 cm³/mol. The lowest BCUT2D eigenvalue weighted by molar-refractivity contribution is -0.137. The van der Waals surface area contributed by atoms with Crippen LogP contribution >= 0.6 is 0 Å². The van der Waals surface area contributed by atoms with E-state index in [0.29, 0.717) is 42.3 Å². The molecular formula is C27H19F3N2O4. The molecule has 1 aromatic heterocycles. The molecule has 0 saturated heterocycles. The summed E-state index contributed by atoms with van der Waals surface area (Å²) in [4.78, 5) is 28.5. The molecule has 9 heteroatoms. The van der Waals surface area contributed by atoms with Crippen LogP contribution in [0.3, 0.4) is 0 Å². The summed E-state index contributed by atoms with van der Waals surface area (Å²) >= 11 is 0. The molecule has 36 heavy (non-hydrogen) atoms. The Balaban J connectivity index is 1.33. The van der Waals surface area contributed by atoms with Crippen LogP contribution in [-0.4, -0.2) is 23.3 Å². The minimum atomic E-state index is -4.56. The monoisotopic (exact) mass is 492 g/mol. The van der Waals surface area contributed by atoms with Crippen molar-refractivity contribution < 1.29 is 32.2 Å². The molecule has 3 heterocycles. The average Bonchev–Trinajstić information content (AvgIpc) is 2.86. The first-order valence-corrected chi connectivity index (χ1v) is 11.2. The molecule has 0 saturated carbocycles. The summed E-state index contributed by atoms with van der Waals surface area (Å²) in [5.74, 6) is 5.68. The maximum absolute atomic E-state index is 13.2. The van der Waals surface area contributed by atoms with E-state index in [1.807, 2.05) is 0 Å². The van der Waals surface area contributed by atoms with E-state index in [0.717, 1.165) is 17.2 Å². The summed E-state index contributed by atoms with van der Waals surface area (Å²) in [6.07, 6.45) is -1.86. The van der Waals surface area contributed by atoms with Gasteiger partial charge in [0.25, 0.3) is 0 Å². The average molecular weight is 492 g/mol. The molecule has 182 valence electrons. The standard InChI is InChI=1S/C27H19F3N2O4/c28-27(29,30)21-4-2-1-3-16(21)5-8-22(33)18-13-17-14-19(6-9-23(17)35-15-18)36-24-11-12-31-26-20(24)7-10-25(34)32-26/h1-4,6,9,11-12,14,18H,7,10,13,15H2,(H,31,32,34). The van der Waals surface area contributed by atoms with Crippen molar-refractivity contribution in [1.29, 1.82) is 0 Å². The number of hydrogen-bond donors (Lipinski definition) is 1. The van der Waals surface area contributed by atoms with E-state index in [4.69, 9.17) is 9.47 Å². The number of fused-ring (bicyclic) bond motifs is 2. The number of ketones is 1. The number of halogens is 3. The van der Waals surface area contributed by atoms with Crippen LogP contribution in [0, 0.1) is 17.8 Å². The van der Waals surface area contributed by atoms with Gasteiger partial charge in [0.05, 0.1) is 18.1 Å². The zero-order chi connectivity index (χ0) is 25.3. The number of carbonyl (C=O) groups excluding carboxylic acids is 2. The van der Waals surface area contributed by atoms with Gasteiger partial charge in [-0.3, -0.25) is 9.59 Å². The molecule has 0 bridgehead atoms. The summed E-state index contributed by atoms with van der Waals surface area (Å²) in [5, 5.41) is 2.73. The summed E-state index contributed by atoms with van der Waals surface area (Å²) in [6, 6.07) is 11.8. The number of alkyl halides is 3. The molecule has 0 spiro atoms. The third-order valence-corrected chi connectivity index (χ3v) is 5.96. The topological polar surface area (TPSA) is 77.5 Å². The van der Waals surface area contributed by atoms with Crippen molar-refractivity contribution >= 4 is 17.5 Å². The number of rotatable bonds is 3. The molecule has 6 nitrogen and oxygen atoms in total. The maximum atomic E-state index is 13.2. The summed E-state index contributed by atoms with van der Waals surface area (Å²) in [7, 11) is 0. The normalized spacial score (nSPS) is 16.4. The van der Waals surface area contributed by atoms with Crippen molar-refractivity contribution in [2.24, 2.45) is 5.92 Å². The third-order valence-electron chi connectivity index (χ3n) is 5.96. The fourth-order valence-corrected chi connectivity index (χ4v) is 4.15. The van der Waals surface area contributed by atoms with Crippen molar-refractivity contribution in [1.82, 2.24) is 4.98 Å². The Morgan fingerprint density at radius 1 is 1.14 bits per heavy atom. The smallest absolute Gasteiger partial charge is 0.417 e. The Morgan fingerprint density at radius 3 is 2.81 bits per heavy atom. The quantitative estimate of drug-likeness (QED) is 0.524. The van der Waals surface area contributed by atoms with Crippen LogP contribution in [0.4, 0.5) is 19.0 Å². The van der Waals surface area contributed by atoms with Gasteiger partial charge >= 0.3 is 6.18 Å². The van der Waals surface area contributed by atoms with Crippen LogP contribution in [0.25, 0.3) is 0 Å². The molecule has 5 rings (SSSR count). The molecule has 0 aliphatic carbocycles. The van der Waals surface area contributed by atoms with E-state index in [-0.39, 0.29) is 18.1 Å². The van der Waals surface area contributed by atoms with Crippen LogP contribution in [0.2, 0.25) is 0 Å². The highest BCUT2D eigenvalue weighted by molar-refractivity contribution is 5.98. The zero-order valence-corrected chi connectivity index (χ0v) is 18.8. The van der Waals surface area contributed by atoms with Gasteiger partial charge in [0, 0.05) is 23.7 Å². The second-order valence-electron chi connectivity index (χ2n) is 8.43. The number of pyridine rings is 1. The third kappa shape index (κ3) is 4.89. The molecule has 1 N–H and O–H groups in total. The minimum absolute atomic E-state index is 0.0825. The number of carbonyl (C=O) groups is 2. The molecular weight excluding hydrogens is 473 g/mol. The van der Waals surface area contributed by atoms with Gasteiger partial charge in [0.2, 0.25) is 11.7 Å². The molecule has 0 fully saturated rings. The molecule has 2 aliphatic rings. The zero-order valence-electron chi connectivity index (χ0n) is 18.8. The van der Waals surface area contributed by atoms with Gasteiger partial charge < -0.3 is 14.8 Å². The molecule has 3 aromatic rings. The number of nitrogens with one attached hydrogen (secondary N) is 1.